The molecule has 15 aromatic carbocycles. The van der Waals surface area contributed by atoms with E-state index in [4.69, 9.17) is 30.8 Å². The number of aliphatic hydroxyl groups excluding tert-OH is 1. The fourth-order valence-electron chi connectivity index (χ4n) is 17.9. The molecule has 0 bridgehead atoms. The molecule has 145 heavy (non-hydrogen) atoms. The van der Waals surface area contributed by atoms with Crippen LogP contribution in [0.2, 0.25) is 0 Å². The Balaban J connectivity index is 0.000000139. The average molecular weight is 2780 g/mol. The van der Waals surface area contributed by atoms with Gasteiger partial charge in [-0.15, -0.1) is 185 Å². The van der Waals surface area contributed by atoms with Gasteiger partial charge in [0.05, 0.1) is 66.4 Å². The summed E-state index contributed by atoms with van der Waals surface area (Å²) in [5.74, 6) is 3.14. The van der Waals surface area contributed by atoms with Gasteiger partial charge in [0.15, 0.2) is 18.5 Å². The van der Waals surface area contributed by atoms with E-state index in [-0.39, 0.29) is 172 Å². The third-order valence-electron chi connectivity index (χ3n) is 24.3. The van der Waals surface area contributed by atoms with E-state index in [2.05, 4.69) is 305 Å². The molecule has 10 heterocycles. The van der Waals surface area contributed by atoms with Crippen LogP contribution < -0.4 is 9.30 Å². The SMILES string of the molecule is C=C1Oc2ccccc2[C-]=C1c1ccccn1.CC(=O)C=C(C)O.CC1(C)c2ccc[c-]c2-c2nccc3cccc1c23.Cc1ccc2c(c1)c1ccc[c-]c1c1ncc(-c3c(C)cccc3C)n21.[2H]c1c([2H])c([2H])c2c(c1[2H])C[n+]1c([2H])c([2H])c([2H])c([2H])c1-2.[Ir].[Ir].[Ir].[Ir].[Ir].[c-]1ccccc1-c1ccccn1.[c-]1ccccc1-c1nc2ccccc2n1-c1cccc2ccccc12.[c-]1ccccc1-c1nccn1-c1cccc2ccccc12. The van der Waals surface area contributed by atoms with Crippen molar-refractivity contribution in [1.82, 2.24) is 43.4 Å². The first-order chi connectivity index (χ1) is 71.9. The topological polar surface area (TPSA) is 142 Å². The second kappa shape index (κ2) is 49.1. The van der Waals surface area contributed by atoms with E-state index < -0.39 is 12.1 Å². The number of hydrogen-bond acceptors (Lipinski definition) is 9. The summed E-state index contributed by atoms with van der Waals surface area (Å²) in [5.41, 5.74) is 24.8. The van der Waals surface area contributed by atoms with Gasteiger partial charge < -0.3 is 33.3 Å². The van der Waals surface area contributed by atoms with Crippen molar-refractivity contribution >= 4 is 82.0 Å². The van der Waals surface area contributed by atoms with Crippen molar-refractivity contribution in [2.45, 2.75) is 60.4 Å². The first kappa shape index (κ1) is 95.2. The Bertz CT molecular complexity index is 8930. The number of nitrogens with zero attached hydrogens (tertiary/aromatic N) is 10. The van der Waals surface area contributed by atoms with Crippen LogP contribution in [-0.4, -0.2) is 54.3 Å². The average Bonchev–Trinajstić information content (AvgIpc) is 1.71. The summed E-state index contributed by atoms with van der Waals surface area (Å²) in [4.78, 5) is 37.3. The zero-order chi connectivity index (χ0) is 103. The maximum atomic E-state index is 10.0. The van der Waals surface area contributed by atoms with E-state index >= 15 is 0 Å². The van der Waals surface area contributed by atoms with Crippen LogP contribution in [0.25, 0.3) is 155 Å². The molecule has 0 fully saturated rings. The number of para-hydroxylation sites is 3. The minimum absolute atomic E-state index is 0. The number of carbonyl (C=O) groups excluding carboxylic acids is 1. The van der Waals surface area contributed by atoms with Crippen LogP contribution in [0.1, 0.15) is 83.3 Å². The number of carbonyl (C=O) groups is 1. The summed E-state index contributed by atoms with van der Waals surface area (Å²) in [6, 6.07) is 129. The van der Waals surface area contributed by atoms with E-state index in [1.54, 1.807) is 12.4 Å². The normalized spacial score (nSPS) is 12.4. The molecule has 2 aliphatic heterocycles. The Morgan fingerprint density at radius 1 is 0.503 bits per heavy atom. The van der Waals surface area contributed by atoms with Crippen molar-refractivity contribution in [3.8, 4) is 84.9 Å². The third kappa shape index (κ3) is 23.4. The Morgan fingerprint density at radius 3 is 1.79 bits per heavy atom. The van der Waals surface area contributed by atoms with Gasteiger partial charge in [-0.1, -0.05) is 237 Å². The van der Waals surface area contributed by atoms with Crippen molar-refractivity contribution in [2.75, 3.05) is 0 Å². The van der Waals surface area contributed by atoms with Gasteiger partial charge in [0.25, 0.3) is 0 Å². The van der Waals surface area contributed by atoms with Crippen molar-refractivity contribution < 1.29 is 131 Å². The van der Waals surface area contributed by atoms with Crippen molar-refractivity contribution in [1.29, 1.82) is 0 Å². The number of benzene rings is 15. The molecule has 5 radical (unpaired) electrons. The number of imidazole rings is 3. The Hall–Kier alpha value is -14.7. The van der Waals surface area contributed by atoms with Crippen LogP contribution in [0.5, 0.6) is 5.75 Å². The second-order valence-electron chi connectivity index (χ2n) is 34.0. The molecule has 0 unspecified atom stereocenters. The molecule has 13 nitrogen and oxygen atoms in total. The van der Waals surface area contributed by atoms with Gasteiger partial charge in [0.2, 0.25) is 5.69 Å². The third-order valence-corrected chi connectivity index (χ3v) is 24.3. The number of allylic oxidation sites excluding steroid dienone is 3. The summed E-state index contributed by atoms with van der Waals surface area (Å²) in [6.07, 6.45) is 15.5. The largest absolute Gasteiger partial charge is 0.527 e. The first-order valence-corrected chi connectivity index (χ1v) is 45.9. The number of aromatic nitrogens is 10. The molecule has 0 saturated carbocycles. The predicted molar refractivity (Wildman–Crippen MR) is 568 cm³/mol. The van der Waals surface area contributed by atoms with E-state index in [1.165, 1.54) is 106 Å². The van der Waals surface area contributed by atoms with Gasteiger partial charge in [-0.2, -0.15) is 4.57 Å². The molecule has 0 atom stereocenters. The van der Waals surface area contributed by atoms with Crippen LogP contribution in [0.4, 0.5) is 0 Å². The molecule has 723 valence electrons. The number of ketones is 1. The molecular weight excluding hydrogens is 2670 g/mol. The number of hydrogen-bond donors (Lipinski definition) is 1. The van der Waals surface area contributed by atoms with Crippen LogP contribution in [-0.2, 0) is 117 Å². The Morgan fingerprint density at radius 2 is 1.09 bits per heavy atom. The number of ether oxygens (including phenoxy) is 1. The van der Waals surface area contributed by atoms with E-state index in [0.717, 1.165) is 107 Å². The van der Waals surface area contributed by atoms with Crippen molar-refractivity contribution in [2.24, 2.45) is 0 Å². The summed E-state index contributed by atoms with van der Waals surface area (Å²) >= 11 is 0. The monoisotopic (exact) mass is 2780 g/mol. The Labute approximate surface area is 924 Å². The maximum Gasteiger partial charge on any atom is 0.213 e. The van der Waals surface area contributed by atoms with Crippen molar-refractivity contribution in [3.63, 3.8) is 0 Å². The molecular formula is C127H97Ir5N10O3-5. The number of pyridine rings is 5. The summed E-state index contributed by atoms with van der Waals surface area (Å²) < 4.78 is 76.2. The molecule has 18 heteroatoms. The molecule has 3 aliphatic rings. The summed E-state index contributed by atoms with van der Waals surface area (Å²) in [5, 5.41) is 19.3. The predicted octanol–water partition coefficient (Wildman–Crippen LogP) is 29.3. The van der Waals surface area contributed by atoms with Gasteiger partial charge >= 0.3 is 0 Å². The first-order valence-electron chi connectivity index (χ1n) is 49.9. The molecule has 26 rings (SSSR count). The summed E-state index contributed by atoms with van der Waals surface area (Å²) in [7, 11) is 0. The van der Waals surface area contributed by atoms with E-state index in [1.807, 2.05) is 170 Å². The van der Waals surface area contributed by atoms with Gasteiger partial charge in [0, 0.05) is 200 Å². The molecule has 0 saturated heterocycles. The fraction of sp³-hybridized carbons (Fsp3) is 0.0709. The van der Waals surface area contributed by atoms with Gasteiger partial charge in [-0.05, 0) is 156 Å². The Kier molecular flexibility index (Phi) is 32.2. The van der Waals surface area contributed by atoms with Crippen LogP contribution in [0, 0.1) is 57.2 Å². The zero-order valence-corrected chi connectivity index (χ0v) is 91.7. The minimum atomic E-state index is -0.411. The number of rotatable bonds is 8. The number of fused-ring (bicyclic) bond motifs is 15. The number of aryl methyl sites for hydroxylation is 3. The van der Waals surface area contributed by atoms with Crippen molar-refractivity contribution in [3.05, 3.63) is 531 Å². The van der Waals surface area contributed by atoms with Crippen LogP contribution in [0.15, 0.2) is 450 Å². The van der Waals surface area contributed by atoms with Crippen LogP contribution in [0.3, 0.4) is 0 Å². The van der Waals surface area contributed by atoms with Gasteiger partial charge in [-0.3, -0.25) is 24.7 Å². The second-order valence-corrected chi connectivity index (χ2v) is 34.0. The fourth-order valence-corrected chi connectivity index (χ4v) is 17.9. The zero-order valence-electron chi connectivity index (χ0n) is 87.7. The van der Waals surface area contributed by atoms with E-state index in [0.29, 0.717) is 11.3 Å². The number of aliphatic hydroxyl groups is 1. The molecule has 23 aromatic rings. The molecule has 0 spiro atoms. The smallest absolute Gasteiger partial charge is 0.213 e. The van der Waals surface area contributed by atoms with E-state index in [9.17, 15) is 4.79 Å². The van der Waals surface area contributed by atoms with Gasteiger partial charge in [-0.25, -0.2) is 0 Å². The molecule has 8 aromatic heterocycles. The maximum absolute atomic E-state index is 10.0. The molecule has 1 aliphatic carbocycles. The minimum Gasteiger partial charge on any atom is -0.527 e. The molecule has 0 amide bonds. The molecule has 1 N–H and O–H groups in total. The standard InChI is InChI=1S/C24H19N2.C23H15N2.C19H13N2.C18H14N.C15H10NO.C12H10N.C11H8N.C5H8O2.5Ir/c1-15-11-12-21-20(13-15)18-9-4-5-10-19(18)24-25-14-22(26(21)24)23-16(2)7-6-8-17(23)3;1-2-10-18(11-3-1)23-24-20-14-6-7-15-22(20)25(23)21-16-8-12-17-9-4-5-13-19(17)21;1-2-8-16(9-3-1)19-20-13-14-21(19)18-12-6-10-15-7-4-5-11-17(15)18;1-18(2)14-8-4-3-7-13(14)17-16-12(10-11-19-17)6-5-9-15(16)18;1-11-13(14-7-4-5-9-16-14)10-12-6-2-3-8-15(12)17-11;1-2-6-11-10(5-1)9-13-8-4-3-7-12(11)13;1-2-6-10(7-3-1)11-8-4-5-9-12-11;1-4(6)3-5(2)7;;;;;/h4-9,11-14H,1-3H3;1-10,12-16H;1-8,10-14H;3-6,8-11H,1-2H3;2-9H,1H2;1-8H,9H2;1-6,8-9H;3,6H,1-2H3;;;;;/q5*-1;+1;-1;;;;;;/i;;;;;1D,2D,3D,4D,5D,6D,7D,8D;;;;;;;. The quantitative estimate of drug-likeness (QED) is 0.0517. The van der Waals surface area contributed by atoms with Gasteiger partial charge in [0.1, 0.15) is 1.37 Å². The summed E-state index contributed by atoms with van der Waals surface area (Å²) in [6.45, 7) is 17.8. The van der Waals surface area contributed by atoms with Crippen LogP contribution >= 0.6 is 0 Å².